The van der Waals surface area contributed by atoms with Crippen molar-refractivity contribution < 1.29 is 9.90 Å². The van der Waals surface area contributed by atoms with Crippen LogP contribution in [0.15, 0.2) is 30.3 Å². The lowest BCUT2D eigenvalue weighted by molar-refractivity contribution is -0.137. The van der Waals surface area contributed by atoms with E-state index in [1.807, 2.05) is 0 Å². The van der Waals surface area contributed by atoms with Gasteiger partial charge in [0, 0.05) is 6.42 Å². The molecular weight excluding hydrogens is 368 g/mol. The summed E-state index contributed by atoms with van der Waals surface area (Å²) in [5.74, 6) is 0.936. The second-order valence-corrected chi connectivity index (χ2v) is 9.66. The monoisotopic (exact) mass is 416 g/mol. The van der Waals surface area contributed by atoms with Crippen molar-refractivity contribution in [2.24, 2.45) is 11.8 Å². The van der Waals surface area contributed by atoms with E-state index in [1.165, 1.54) is 89.0 Å². The fourth-order valence-corrected chi connectivity index (χ4v) is 4.81. The number of hydrogen-bond donors (Lipinski definition) is 1. The highest BCUT2D eigenvalue weighted by molar-refractivity contribution is 5.66. The average Bonchev–Trinajstić information content (AvgIpc) is 2.72. The van der Waals surface area contributed by atoms with Crippen LogP contribution >= 0.6 is 0 Å². The van der Waals surface area contributed by atoms with Gasteiger partial charge in [-0.25, -0.2) is 0 Å². The predicted molar refractivity (Wildman–Crippen MR) is 130 cm³/mol. The zero-order valence-corrected chi connectivity index (χ0v) is 20.1. The molecule has 0 saturated carbocycles. The Balaban J connectivity index is 2.42. The molecule has 0 fully saturated rings. The first-order valence-electron chi connectivity index (χ1n) is 12.8. The number of carboxylic acids is 1. The molecule has 0 radical (unpaired) electrons. The third kappa shape index (κ3) is 13.1. The number of hydrogen-bond acceptors (Lipinski definition) is 1. The number of aliphatic carboxylic acids is 1. The van der Waals surface area contributed by atoms with E-state index in [0.717, 1.165) is 6.42 Å². The van der Waals surface area contributed by atoms with Crippen LogP contribution in [0.3, 0.4) is 0 Å². The minimum absolute atomic E-state index is 0.270. The maximum Gasteiger partial charge on any atom is 0.303 e. The van der Waals surface area contributed by atoms with Crippen LogP contribution in [0, 0.1) is 11.8 Å². The van der Waals surface area contributed by atoms with Gasteiger partial charge in [-0.2, -0.15) is 0 Å². The summed E-state index contributed by atoms with van der Waals surface area (Å²) >= 11 is 0. The molecule has 0 amide bonds. The van der Waals surface area contributed by atoms with Gasteiger partial charge in [-0.05, 0) is 42.6 Å². The maximum absolute atomic E-state index is 11.2. The Labute approximate surface area is 186 Å². The Kier molecular flexibility index (Phi) is 15.5. The van der Waals surface area contributed by atoms with E-state index in [4.69, 9.17) is 0 Å². The van der Waals surface area contributed by atoms with E-state index < -0.39 is 5.97 Å². The first-order chi connectivity index (χ1) is 14.5. The lowest BCUT2D eigenvalue weighted by Crippen LogP contribution is -2.17. The summed E-state index contributed by atoms with van der Waals surface area (Å²) in [5, 5.41) is 9.25. The summed E-state index contributed by atoms with van der Waals surface area (Å²) in [5.41, 5.74) is 1.33. The first-order valence-corrected chi connectivity index (χ1v) is 12.8. The predicted octanol–water partition coefficient (Wildman–Crippen LogP) is 9.00. The van der Waals surface area contributed by atoms with Crippen LogP contribution in [-0.2, 0) is 4.79 Å². The zero-order valence-electron chi connectivity index (χ0n) is 20.1. The summed E-state index contributed by atoms with van der Waals surface area (Å²) in [7, 11) is 0. The molecule has 30 heavy (non-hydrogen) atoms. The van der Waals surface area contributed by atoms with Gasteiger partial charge in [0.25, 0.3) is 0 Å². The highest BCUT2D eigenvalue weighted by Gasteiger charge is 2.24. The largest absolute Gasteiger partial charge is 0.481 e. The molecule has 0 bridgehead atoms. The standard InChI is InChI=1S/C28H48O2/c1-4-5-6-7-8-9-10-11-12-13-15-20-26(23-24(2)3)27(21-22-28(29)30)25-18-16-14-17-19-25/h14,16-19,24,26-27H,4-13,15,20-23H2,1-3H3,(H,29,30). The molecule has 0 saturated heterocycles. The van der Waals surface area contributed by atoms with Crippen molar-refractivity contribution in [3.8, 4) is 0 Å². The van der Waals surface area contributed by atoms with Crippen molar-refractivity contribution in [3.05, 3.63) is 35.9 Å². The van der Waals surface area contributed by atoms with Crippen LogP contribution in [0.25, 0.3) is 0 Å². The van der Waals surface area contributed by atoms with Crippen LogP contribution in [0.1, 0.15) is 129 Å². The third-order valence-electron chi connectivity index (χ3n) is 6.42. The summed E-state index contributed by atoms with van der Waals surface area (Å²) in [6.07, 6.45) is 18.6. The van der Waals surface area contributed by atoms with Gasteiger partial charge in [-0.3, -0.25) is 4.79 Å². The number of unbranched alkanes of at least 4 members (excludes halogenated alkanes) is 10. The molecular formula is C28H48O2. The van der Waals surface area contributed by atoms with Gasteiger partial charge in [0.05, 0.1) is 0 Å². The van der Waals surface area contributed by atoms with E-state index in [0.29, 0.717) is 17.8 Å². The fourth-order valence-electron chi connectivity index (χ4n) is 4.81. The summed E-state index contributed by atoms with van der Waals surface area (Å²) in [6, 6.07) is 10.6. The lowest BCUT2D eigenvalue weighted by Gasteiger charge is -2.29. The molecule has 1 aromatic carbocycles. The molecule has 0 aliphatic heterocycles. The van der Waals surface area contributed by atoms with Crippen molar-refractivity contribution in [2.75, 3.05) is 0 Å². The van der Waals surface area contributed by atoms with Crippen LogP contribution in [0.4, 0.5) is 0 Å². The van der Waals surface area contributed by atoms with Crippen LogP contribution in [0.5, 0.6) is 0 Å². The van der Waals surface area contributed by atoms with Gasteiger partial charge >= 0.3 is 5.97 Å². The van der Waals surface area contributed by atoms with Crippen molar-refractivity contribution >= 4 is 5.97 Å². The summed E-state index contributed by atoms with van der Waals surface area (Å²) in [4.78, 5) is 11.2. The highest BCUT2D eigenvalue weighted by Crippen LogP contribution is 2.37. The van der Waals surface area contributed by atoms with Gasteiger partial charge in [-0.1, -0.05) is 122 Å². The molecule has 0 aliphatic rings. The SMILES string of the molecule is CCCCCCCCCCCCCC(CC(C)C)C(CCC(=O)O)c1ccccc1. The first kappa shape index (κ1) is 26.7. The fraction of sp³-hybridized carbons (Fsp3) is 0.750. The Morgan fingerprint density at radius 3 is 1.83 bits per heavy atom. The van der Waals surface area contributed by atoms with E-state index >= 15 is 0 Å². The van der Waals surface area contributed by atoms with E-state index in [1.54, 1.807) is 0 Å². The molecule has 1 aromatic rings. The second kappa shape index (κ2) is 17.4. The topological polar surface area (TPSA) is 37.3 Å². The van der Waals surface area contributed by atoms with Crippen molar-refractivity contribution in [1.29, 1.82) is 0 Å². The molecule has 172 valence electrons. The normalized spacial score (nSPS) is 13.5. The Morgan fingerprint density at radius 1 is 0.800 bits per heavy atom. The average molecular weight is 417 g/mol. The Morgan fingerprint density at radius 2 is 1.33 bits per heavy atom. The summed E-state index contributed by atoms with van der Waals surface area (Å²) < 4.78 is 0. The van der Waals surface area contributed by atoms with Crippen LogP contribution < -0.4 is 0 Å². The Hall–Kier alpha value is -1.31. The summed E-state index contributed by atoms with van der Waals surface area (Å²) in [6.45, 7) is 6.87. The minimum atomic E-state index is -0.672. The Bertz CT molecular complexity index is 523. The number of carbonyl (C=O) groups is 1. The molecule has 0 heterocycles. The molecule has 0 aliphatic carbocycles. The van der Waals surface area contributed by atoms with Crippen molar-refractivity contribution in [1.82, 2.24) is 0 Å². The van der Waals surface area contributed by atoms with Gasteiger partial charge in [-0.15, -0.1) is 0 Å². The smallest absolute Gasteiger partial charge is 0.303 e. The van der Waals surface area contributed by atoms with E-state index in [2.05, 4.69) is 51.1 Å². The third-order valence-corrected chi connectivity index (χ3v) is 6.42. The zero-order chi connectivity index (χ0) is 22.0. The highest BCUT2D eigenvalue weighted by atomic mass is 16.4. The van der Waals surface area contributed by atoms with Crippen LogP contribution in [0.2, 0.25) is 0 Å². The molecule has 2 unspecified atom stereocenters. The minimum Gasteiger partial charge on any atom is -0.481 e. The number of carboxylic acid groups (broad SMARTS) is 1. The van der Waals surface area contributed by atoms with Gasteiger partial charge in [0.1, 0.15) is 0 Å². The second-order valence-electron chi connectivity index (χ2n) is 9.66. The van der Waals surface area contributed by atoms with Crippen molar-refractivity contribution in [2.45, 2.75) is 123 Å². The number of benzene rings is 1. The molecule has 2 atom stereocenters. The quantitative estimate of drug-likeness (QED) is 0.228. The maximum atomic E-state index is 11.2. The molecule has 0 spiro atoms. The van der Waals surface area contributed by atoms with Crippen molar-refractivity contribution in [3.63, 3.8) is 0 Å². The van der Waals surface area contributed by atoms with Gasteiger partial charge < -0.3 is 5.11 Å². The molecule has 1 rings (SSSR count). The van der Waals surface area contributed by atoms with Crippen LogP contribution in [-0.4, -0.2) is 11.1 Å². The van der Waals surface area contributed by atoms with Gasteiger partial charge in [0.15, 0.2) is 0 Å². The molecule has 0 aromatic heterocycles. The van der Waals surface area contributed by atoms with Gasteiger partial charge in [0.2, 0.25) is 0 Å². The number of rotatable bonds is 19. The molecule has 1 N–H and O–H groups in total. The van der Waals surface area contributed by atoms with E-state index in [-0.39, 0.29) is 6.42 Å². The molecule has 2 nitrogen and oxygen atoms in total. The molecule has 2 heteroatoms. The van der Waals surface area contributed by atoms with E-state index in [9.17, 15) is 9.90 Å². The lowest BCUT2D eigenvalue weighted by atomic mass is 9.76.